The summed E-state index contributed by atoms with van der Waals surface area (Å²) in [6.07, 6.45) is 0.878. The van der Waals surface area contributed by atoms with Crippen molar-refractivity contribution in [2.45, 2.75) is 39.2 Å². The lowest BCUT2D eigenvalue weighted by Gasteiger charge is -2.25. The summed E-state index contributed by atoms with van der Waals surface area (Å²) in [4.78, 5) is 28.0. The number of ether oxygens (including phenoxy) is 1. The van der Waals surface area contributed by atoms with Crippen molar-refractivity contribution >= 4 is 23.1 Å². The van der Waals surface area contributed by atoms with Gasteiger partial charge in [-0.3, -0.25) is 14.5 Å². The number of amides is 1. The average Bonchev–Trinajstić information content (AvgIpc) is 3.13. The molecule has 1 amide bonds. The van der Waals surface area contributed by atoms with Gasteiger partial charge in [0.1, 0.15) is 11.5 Å². The molecule has 1 aliphatic rings. The highest BCUT2D eigenvalue weighted by Gasteiger charge is 2.46. The van der Waals surface area contributed by atoms with E-state index >= 15 is 0 Å². The number of hydrogen-bond acceptors (Lipinski definition) is 4. The van der Waals surface area contributed by atoms with Crippen molar-refractivity contribution in [2.75, 3.05) is 12.0 Å². The Labute approximate surface area is 200 Å². The van der Waals surface area contributed by atoms with Crippen LogP contribution in [-0.2, 0) is 16.0 Å². The molecule has 4 rings (SSSR count). The maximum absolute atomic E-state index is 13.3. The van der Waals surface area contributed by atoms with Gasteiger partial charge in [-0.2, -0.15) is 0 Å². The van der Waals surface area contributed by atoms with Gasteiger partial charge in [-0.05, 0) is 59.4 Å². The Morgan fingerprint density at radius 3 is 2.26 bits per heavy atom. The highest BCUT2D eigenvalue weighted by molar-refractivity contribution is 6.51. The number of carbonyl (C=O) groups excluding carboxylic acids is 2. The molecule has 1 saturated heterocycles. The summed E-state index contributed by atoms with van der Waals surface area (Å²) >= 11 is 0. The van der Waals surface area contributed by atoms with Crippen LogP contribution in [0.1, 0.15) is 55.0 Å². The summed E-state index contributed by atoms with van der Waals surface area (Å²) in [5.41, 5.74) is 3.98. The van der Waals surface area contributed by atoms with Crippen LogP contribution in [0.25, 0.3) is 5.76 Å². The van der Waals surface area contributed by atoms with Crippen molar-refractivity contribution in [3.63, 3.8) is 0 Å². The molecule has 0 saturated carbocycles. The topological polar surface area (TPSA) is 66.8 Å². The fourth-order valence-corrected chi connectivity index (χ4v) is 4.43. The number of Topliss-reactive ketones (excluding diaryl/α,β-unsaturated/α-hetero) is 1. The lowest BCUT2D eigenvalue weighted by Crippen LogP contribution is -2.29. The van der Waals surface area contributed by atoms with Crippen LogP contribution in [0.5, 0.6) is 5.75 Å². The van der Waals surface area contributed by atoms with Gasteiger partial charge in [0.2, 0.25) is 0 Å². The maximum Gasteiger partial charge on any atom is 0.300 e. The van der Waals surface area contributed by atoms with E-state index in [1.165, 1.54) is 4.90 Å². The number of benzene rings is 3. The molecule has 0 bridgehead atoms. The highest BCUT2D eigenvalue weighted by Crippen LogP contribution is 2.42. The molecule has 174 valence electrons. The Kier molecular flexibility index (Phi) is 6.55. The number of methoxy groups -OCH3 is 1. The maximum atomic E-state index is 13.3. The van der Waals surface area contributed by atoms with E-state index in [1.54, 1.807) is 31.4 Å². The van der Waals surface area contributed by atoms with Crippen LogP contribution in [0, 0.1) is 0 Å². The minimum atomic E-state index is -0.738. The first kappa shape index (κ1) is 23.3. The van der Waals surface area contributed by atoms with Crippen molar-refractivity contribution in [1.82, 2.24) is 0 Å². The predicted octanol–water partition coefficient (Wildman–Crippen LogP) is 6.01. The largest absolute Gasteiger partial charge is 0.507 e. The molecule has 0 radical (unpaired) electrons. The third-order valence-electron chi connectivity index (χ3n) is 6.31. The number of ketones is 1. The van der Waals surface area contributed by atoms with E-state index in [0.717, 1.165) is 23.1 Å². The standard InChI is InChI=1S/C29H29NO4/c1-5-19-11-13-20(14-12-19)26-25(28(32)29(33)30(26)22-9-7-6-8-10-22)27(31)21-15-16-24(34-4)23(17-21)18(2)3/h6-18,26,31H,5H2,1-4H3/b27-25-. The van der Waals surface area contributed by atoms with E-state index in [4.69, 9.17) is 4.74 Å². The molecule has 1 fully saturated rings. The van der Waals surface area contributed by atoms with Gasteiger partial charge in [-0.25, -0.2) is 0 Å². The molecule has 5 nitrogen and oxygen atoms in total. The molecule has 1 unspecified atom stereocenters. The first-order chi connectivity index (χ1) is 16.4. The minimum absolute atomic E-state index is 0.0815. The molecule has 1 aliphatic heterocycles. The van der Waals surface area contributed by atoms with E-state index < -0.39 is 17.7 Å². The Morgan fingerprint density at radius 1 is 1.00 bits per heavy atom. The molecule has 1 atom stereocenters. The second kappa shape index (κ2) is 9.56. The lowest BCUT2D eigenvalue weighted by molar-refractivity contribution is -0.132. The molecule has 3 aromatic carbocycles. The minimum Gasteiger partial charge on any atom is -0.507 e. The fourth-order valence-electron chi connectivity index (χ4n) is 4.43. The number of nitrogens with zero attached hydrogens (tertiary/aromatic N) is 1. The predicted molar refractivity (Wildman–Crippen MR) is 134 cm³/mol. The molecule has 0 aromatic heterocycles. The molecule has 34 heavy (non-hydrogen) atoms. The number of aryl methyl sites for hydroxylation is 1. The number of aliphatic hydroxyl groups excluding tert-OH is 1. The van der Waals surface area contributed by atoms with Crippen LogP contribution in [-0.4, -0.2) is 23.9 Å². The summed E-state index contributed by atoms with van der Waals surface area (Å²) in [5.74, 6) is -0.691. The second-order valence-corrected chi connectivity index (χ2v) is 8.71. The normalized spacial score (nSPS) is 17.4. The Morgan fingerprint density at radius 2 is 1.68 bits per heavy atom. The van der Waals surface area contributed by atoms with E-state index in [1.807, 2.05) is 62.4 Å². The summed E-state index contributed by atoms with van der Waals surface area (Å²) in [6.45, 7) is 6.14. The summed E-state index contributed by atoms with van der Waals surface area (Å²) < 4.78 is 5.47. The van der Waals surface area contributed by atoms with Gasteiger partial charge in [0.15, 0.2) is 0 Å². The van der Waals surface area contributed by atoms with Crippen LogP contribution >= 0.6 is 0 Å². The monoisotopic (exact) mass is 455 g/mol. The zero-order chi connectivity index (χ0) is 24.4. The zero-order valence-corrected chi connectivity index (χ0v) is 19.9. The van der Waals surface area contributed by atoms with Gasteiger partial charge in [-0.15, -0.1) is 0 Å². The van der Waals surface area contributed by atoms with Crippen molar-refractivity contribution in [1.29, 1.82) is 0 Å². The van der Waals surface area contributed by atoms with Gasteiger partial charge >= 0.3 is 0 Å². The van der Waals surface area contributed by atoms with Gasteiger partial charge in [0.25, 0.3) is 11.7 Å². The number of hydrogen-bond donors (Lipinski definition) is 1. The highest BCUT2D eigenvalue weighted by atomic mass is 16.5. The third kappa shape index (κ3) is 4.10. The average molecular weight is 456 g/mol. The summed E-state index contributed by atoms with van der Waals surface area (Å²) in [6, 6.07) is 21.5. The quantitative estimate of drug-likeness (QED) is 0.281. The molecular weight excluding hydrogens is 426 g/mol. The van der Waals surface area contributed by atoms with Crippen molar-refractivity contribution in [3.05, 3.63) is 101 Å². The molecule has 1 N–H and O–H groups in total. The van der Waals surface area contributed by atoms with Crippen LogP contribution in [0.3, 0.4) is 0 Å². The van der Waals surface area contributed by atoms with Crippen LogP contribution in [0.4, 0.5) is 5.69 Å². The first-order valence-corrected chi connectivity index (χ1v) is 11.5. The van der Waals surface area contributed by atoms with E-state index in [9.17, 15) is 14.7 Å². The Balaban J connectivity index is 1.93. The van der Waals surface area contributed by atoms with Crippen LogP contribution in [0.2, 0.25) is 0 Å². The number of carbonyl (C=O) groups is 2. The van der Waals surface area contributed by atoms with E-state index in [2.05, 4.69) is 6.92 Å². The molecule has 1 heterocycles. The van der Waals surface area contributed by atoms with Gasteiger partial charge in [-0.1, -0.05) is 63.2 Å². The summed E-state index contributed by atoms with van der Waals surface area (Å²) in [7, 11) is 1.60. The van der Waals surface area contributed by atoms with Gasteiger partial charge in [0.05, 0.1) is 18.7 Å². The van der Waals surface area contributed by atoms with Crippen molar-refractivity contribution in [3.8, 4) is 5.75 Å². The zero-order valence-electron chi connectivity index (χ0n) is 19.9. The number of aliphatic hydroxyl groups is 1. The number of anilines is 1. The lowest BCUT2D eigenvalue weighted by atomic mass is 9.92. The number of para-hydroxylation sites is 1. The van der Waals surface area contributed by atoms with E-state index in [0.29, 0.717) is 17.0 Å². The Bertz CT molecular complexity index is 1240. The first-order valence-electron chi connectivity index (χ1n) is 11.5. The van der Waals surface area contributed by atoms with Crippen LogP contribution in [0.15, 0.2) is 78.4 Å². The molecule has 3 aromatic rings. The molecule has 0 spiro atoms. The van der Waals surface area contributed by atoms with Gasteiger partial charge < -0.3 is 9.84 Å². The summed E-state index contributed by atoms with van der Waals surface area (Å²) in [5, 5.41) is 11.4. The molecular formula is C29H29NO4. The van der Waals surface area contributed by atoms with E-state index in [-0.39, 0.29) is 17.3 Å². The smallest absolute Gasteiger partial charge is 0.300 e. The third-order valence-corrected chi connectivity index (χ3v) is 6.31. The second-order valence-electron chi connectivity index (χ2n) is 8.71. The van der Waals surface area contributed by atoms with Crippen molar-refractivity contribution in [2.24, 2.45) is 0 Å². The molecule has 0 aliphatic carbocycles. The van der Waals surface area contributed by atoms with Gasteiger partial charge in [0, 0.05) is 11.3 Å². The van der Waals surface area contributed by atoms with Crippen LogP contribution < -0.4 is 9.64 Å². The molecule has 5 heteroatoms. The fraction of sp³-hybridized carbons (Fsp3) is 0.241. The SMILES string of the molecule is CCc1ccc(C2/C(=C(/O)c3ccc(OC)c(C(C)C)c3)C(=O)C(=O)N2c2ccccc2)cc1. The Hall–Kier alpha value is -3.86. The van der Waals surface area contributed by atoms with Crippen molar-refractivity contribution < 1.29 is 19.4 Å². The number of rotatable bonds is 6.